The summed E-state index contributed by atoms with van der Waals surface area (Å²) in [7, 11) is 1.68. The Morgan fingerprint density at radius 3 is 2.61 bits per heavy atom. The maximum atomic E-state index is 6.23. The molecule has 1 fully saturated rings. The van der Waals surface area contributed by atoms with Gasteiger partial charge in [0.25, 0.3) is 0 Å². The van der Waals surface area contributed by atoms with Crippen LogP contribution in [0.1, 0.15) is 60.1 Å². The Hall–Kier alpha value is -3.69. The normalized spacial score (nSPS) is 15.8. The van der Waals surface area contributed by atoms with Gasteiger partial charge in [0.2, 0.25) is 0 Å². The number of fused-ring (bicyclic) bond motifs is 1. The largest absolute Gasteiger partial charge is 0.497 e. The van der Waals surface area contributed by atoms with E-state index in [-0.39, 0.29) is 11.8 Å². The van der Waals surface area contributed by atoms with Crippen molar-refractivity contribution in [2.75, 3.05) is 31.7 Å². The van der Waals surface area contributed by atoms with E-state index in [9.17, 15) is 0 Å². The van der Waals surface area contributed by atoms with Gasteiger partial charge in [0.05, 0.1) is 36.2 Å². The number of hydrogen-bond donors (Lipinski definition) is 1. The zero-order valence-electron chi connectivity index (χ0n) is 25.1. The molecular formula is C32H42N6O3. The Morgan fingerprint density at radius 2 is 1.88 bits per heavy atom. The lowest BCUT2D eigenvalue weighted by Crippen LogP contribution is -2.32. The Kier molecular flexibility index (Phi) is 8.75. The first-order valence-corrected chi connectivity index (χ1v) is 14.5. The molecule has 2 aromatic heterocycles. The molecule has 3 heterocycles. The summed E-state index contributed by atoms with van der Waals surface area (Å²) in [6.07, 6.45) is 8.88. The topological polar surface area (TPSA) is 86.6 Å². The quantitative estimate of drug-likeness (QED) is 0.236. The van der Waals surface area contributed by atoms with Crippen LogP contribution in [-0.2, 0) is 4.74 Å². The Morgan fingerprint density at radius 1 is 1.05 bits per heavy atom. The molecule has 1 aliphatic heterocycles. The van der Waals surface area contributed by atoms with Gasteiger partial charge in [0.15, 0.2) is 0 Å². The molecule has 0 amide bonds. The van der Waals surface area contributed by atoms with Crippen LogP contribution in [0.15, 0.2) is 55.0 Å². The van der Waals surface area contributed by atoms with Crippen LogP contribution in [0.2, 0.25) is 0 Å². The molecule has 0 radical (unpaired) electrons. The molecule has 218 valence electrons. The number of nitrogens with one attached hydrogen (secondary N) is 1. The number of ether oxygens (including phenoxy) is 3. The maximum absolute atomic E-state index is 6.23. The first kappa shape index (κ1) is 28.8. The summed E-state index contributed by atoms with van der Waals surface area (Å²) >= 11 is 0. The average molecular weight is 559 g/mol. The lowest BCUT2D eigenvalue weighted by Gasteiger charge is -2.28. The summed E-state index contributed by atoms with van der Waals surface area (Å²) in [4.78, 5) is 12.0. The molecule has 1 aliphatic rings. The fourth-order valence-electron chi connectivity index (χ4n) is 4.98. The van der Waals surface area contributed by atoms with E-state index in [1.807, 2.05) is 62.2 Å². The molecule has 2 aromatic carbocycles. The molecular weight excluding hydrogens is 516 g/mol. The molecule has 1 N–H and O–H groups in total. The van der Waals surface area contributed by atoms with E-state index in [1.165, 1.54) is 0 Å². The minimum atomic E-state index is -0.334. The van der Waals surface area contributed by atoms with Crippen LogP contribution in [0.25, 0.3) is 22.3 Å². The summed E-state index contributed by atoms with van der Waals surface area (Å²) in [6, 6.07) is 12.6. The van der Waals surface area contributed by atoms with Crippen LogP contribution in [0.5, 0.6) is 11.5 Å². The Bertz CT molecular complexity index is 1460. The van der Waals surface area contributed by atoms with Gasteiger partial charge in [-0.15, -0.1) is 0 Å². The fraction of sp³-hybridized carbons (Fsp3) is 0.469. The lowest BCUT2D eigenvalue weighted by molar-refractivity contribution is -0.0394. The van der Waals surface area contributed by atoms with Gasteiger partial charge in [-0.3, -0.25) is 4.98 Å². The molecule has 0 spiro atoms. The van der Waals surface area contributed by atoms with Crippen molar-refractivity contribution in [2.24, 2.45) is 0 Å². The third-order valence-corrected chi connectivity index (χ3v) is 6.91. The first-order chi connectivity index (χ1) is 19.7. The van der Waals surface area contributed by atoms with E-state index in [1.54, 1.807) is 7.11 Å². The molecule has 1 saturated heterocycles. The van der Waals surface area contributed by atoms with Crippen LogP contribution in [0.4, 0.5) is 11.4 Å². The molecule has 1 atom stereocenters. The van der Waals surface area contributed by atoms with Crippen molar-refractivity contribution in [1.29, 1.82) is 0 Å². The first-order valence-electron chi connectivity index (χ1n) is 14.5. The molecule has 0 saturated carbocycles. The molecule has 41 heavy (non-hydrogen) atoms. The monoisotopic (exact) mass is 558 g/mol. The van der Waals surface area contributed by atoms with Crippen molar-refractivity contribution in [3.05, 3.63) is 55.0 Å². The minimum Gasteiger partial charge on any atom is -0.497 e. The number of hydrogen-bond acceptors (Lipinski definition) is 8. The summed E-state index contributed by atoms with van der Waals surface area (Å²) in [5, 5.41) is 8.11. The van der Waals surface area contributed by atoms with Gasteiger partial charge in [-0.05, 0) is 58.2 Å². The maximum Gasteiger partial charge on any atom is 0.150 e. The number of aromatic nitrogens is 4. The van der Waals surface area contributed by atoms with Crippen molar-refractivity contribution in [2.45, 2.75) is 71.8 Å². The van der Waals surface area contributed by atoms with Crippen LogP contribution in [0.3, 0.4) is 0 Å². The number of nitrogens with zero attached hydrogens (tertiary/aromatic N) is 5. The van der Waals surface area contributed by atoms with E-state index in [4.69, 9.17) is 24.2 Å². The minimum absolute atomic E-state index is 0.0134. The zero-order chi connectivity index (χ0) is 29.0. The van der Waals surface area contributed by atoms with Crippen LogP contribution >= 0.6 is 0 Å². The smallest absolute Gasteiger partial charge is 0.150 e. The van der Waals surface area contributed by atoms with Gasteiger partial charge in [-0.2, -0.15) is 5.10 Å². The second-order valence-corrected chi connectivity index (χ2v) is 11.8. The number of anilines is 2. The van der Waals surface area contributed by atoms with Gasteiger partial charge in [0.1, 0.15) is 23.3 Å². The van der Waals surface area contributed by atoms with Crippen molar-refractivity contribution < 1.29 is 14.2 Å². The summed E-state index contributed by atoms with van der Waals surface area (Å²) in [6.45, 7) is 12.8. The average Bonchev–Trinajstić information content (AvgIpc) is 3.44. The van der Waals surface area contributed by atoms with Gasteiger partial charge >= 0.3 is 0 Å². The van der Waals surface area contributed by atoms with Gasteiger partial charge in [-0.25, -0.2) is 9.67 Å². The van der Waals surface area contributed by atoms with Crippen LogP contribution in [0, 0.1) is 0 Å². The number of methoxy groups -OCH3 is 1. The number of rotatable bonds is 10. The molecule has 4 aromatic rings. The van der Waals surface area contributed by atoms with Crippen molar-refractivity contribution in [3.8, 4) is 22.8 Å². The highest BCUT2D eigenvalue weighted by Gasteiger charge is 2.19. The third kappa shape index (κ3) is 7.34. The summed E-state index contributed by atoms with van der Waals surface area (Å²) < 4.78 is 19.7. The van der Waals surface area contributed by atoms with Crippen LogP contribution in [-0.4, -0.2) is 58.2 Å². The molecule has 1 unspecified atom stereocenters. The SMILES string of the molecule is COc1cc(OC(C)(C)C)cc(N(CCNC(C)C)c2ccc3ncc(-c4cnn(C5CCCCO5)c4)nc3c2)c1. The van der Waals surface area contributed by atoms with Gasteiger partial charge < -0.3 is 24.4 Å². The fourth-order valence-corrected chi connectivity index (χ4v) is 4.98. The highest BCUT2D eigenvalue weighted by Crippen LogP contribution is 2.35. The molecule has 9 heteroatoms. The predicted molar refractivity (Wildman–Crippen MR) is 163 cm³/mol. The van der Waals surface area contributed by atoms with Crippen molar-refractivity contribution >= 4 is 22.4 Å². The third-order valence-electron chi connectivity index (χ3n) is 6.91. The second-order valence-electron chi connectivity index (χ2n) is 11.8. The molecule has 9 nitrogen and oxygen atoms in total. The number of benzene rings is 2. The molecule has 0 aliphatic carbocycles. The lowest BCUT2D eigenvalue weighted by atomic mass is 10.1. The van der Waals surface area contributed by atoms with Gasteiger partial charge in [0, 0.05) is 67.1 Å². The Balaban J connectivity index is 1.49. The van der Waals surface area contributed by atoms with E-state index < -0.39 is 0 Å². The van der Waals surface area contributed by atoms with Crippen molar-refractivity contribution in [1.82, 2.24) is 25.1 Å². The van der Waals surface area contributed by atoms with E-state index in [2.05, 4.69) is 47.4 Å². The van der Waals surface area contributed by atoms with E-state index in [0.29, 0.717) is 6.04 Å². The van der Waals surface area contributed by atoms with Crippen LogP contribution < -0.4 is 19.7 Å². The predicted octanol–water partition coefficient (Wildman–Crippen LogP) is 6.51. The molecule has 5 rings (SSSR count). The van der Waals surface area contributed by atoms with E-state index in [0.717, 1.165) is 84.1 Å². The van der Waals surface area contributed by atoms with E-state index >= 15 is 0 Å². The Labute approximate surface area is 242 Å². The molecule has 0 bridgehead atoms. The summed E-state index contributed by atoms with van der Waals surface area (Å²) in [5.41, 5.74) is 5.02. The van der Waals surface area contributed by atoms with Crippen molar-refractivity contribution in [3.63, 3.8) is 0 Å². The summed E-state index contributed by atoms with van der Waals surface area (Å²) in [5.74, 6) is 1.50. The highest BCUT2D eigenvalue weighted by atomic mass is 16.5. The second kappa shape index (κ2) is 12.4. The highest BCUT2D eigenvalue weighted by molar-refractivity contribution is 5.82. The van der Waals surface area contributed by atoms with Gasteiger partial charge in [-0.1, -0.05) is 13.8 Å². The standard InChI is InChI=1S/C32H42N6O3/c1-22(2)33-12-13-37(25-15-26(39-6)18-27(16-25)41-32(3,4)5)24-10-11-28-29(17-24)36-30(20-34-28)23-19-35-38(21-23)31-9-7-8-14-40-31/h10-11,15-22,31,33H,7-9,12-14H2,1-6H3. The zero-order valence-corrected chi connectivity index (χ0v) is 25.1.